The quantitative estimate of drug-likeness (QED) is 0.742. The van der Waals surface area contributed by atoms with Crippen LogP contribution in [0.3, 0.4) is 0 Å². The van der Waals surface area contributed by atoms with Crippen LogP contribution in [0.25, 0.3) is 0 Å². The molecule has 4 nitrogen and oxygen atoms in total. The average molecular weight is 240 g/mol. The number of allylic oxidation sites excluding steroid dienone is 1. The number of carboxylic acids is 2. The number of aliphatic carboxylic acids is 2. The molecule has 2 N–H and O–H groups in total. The zero-order valence-corrected chi connectivity index (χ0v) is 8.41. The third-order valence-electron chi connectivity index (χ3n) is 0.975. The highest BCUT2D eigenvalue weighted by atomic mass is 19.4. The van der Waals surface area contributed by atoms with Crippen molar-refractivity contribution >= 4 is 11.9 Å². The Kier molecular flexibility index (Phi) is 7.79. The van der Waals surface area contributed by atoms with Gasteiger partial charge < -0.3 is 10.2 Å². The van der Waals surface area contributed by atoms with Crippen LogP contribution in [0.1, 0.15) is 13.3 Å². The third-order valence-corrected chi connectivity index (χ3v) is 0.975. The molecule has 0 heterocycles. The fourth-order valence-electron chi connectivity index (χ4n) is 0.293. The highest BCUT2D eigenvalue weighted by Gasteiger charge is 2.24. The lowest BCUT2D eigenvalue weighted by atomic mass is 10.4. The summed E-state index contributed by atoms with van der Waals surface area (Å²) in [6, 6.07) is 0. The maximum atomic E-state index is 11.3. The van der Waals surface area contributed by atoms with E-state index in [-0.39, 0.29) is 5.57 Å². The van der Waals surface area contributed by atoms with Crippen molar-refractivity contribution in [3.63, 3.8) is 0 Å². The number of alkyl halides is 3. The van der Waals surface area contributed by atoms with E-state index in [9.17, 15) is 22.8 Å². The van der Waals surface area contributed by atoms with Gasteiger partial charge in [0.15, 0.2) is 0 Å². The van der Waals surface area contributed by atoms with Crippen LogP contribution >= 0.6 is 0 Å². The first kappa shape index (κ1) is 16.6. The van der Waals surface area contributed by atoms with E-state index in [0.717, 1.165) is 0 Å². The molecule has 16 heavy (non-hydrogen) atoms. The van der Waals surface area contributed by atoms with Crippen molar-refractivity contribution in [2.45, 2.75) is 19.5 Å². The molecule has 0 radical (unpaired) electrons. The number of rotatable bonds is 3. The molecule has 0 aliphatic rings. The minimum Gasteiger partial charge on any atom is -0.478 e. The van der Waals surface area contributed by atoms with E-state index >= 15 is 0 Å². The predicted octanol–water partition coefficient (Wildman–Crippen LogP) is 2.23. The molecule has 0 spiro atoms. The number of halogens is 3. The van der Waals surface area contributed by atoms with E-state index in [1.807, 2.05) is 0 Å². The van der Waals surface area contributed by atoms with Crippen molar-refractivity contribution in [1.29, 1.82) is 0 Å². The standard InChI is InChI=1S/C5H5F3O2.C4H6O2/c6-5(7,8)3-1-2-4(9)10;1-3(2)4(5)6/h1-2H,3H2,(H,9,10);1H2,2H3,(H,5,6). The van der Waals surface area contributed by atoms with Crippen LogP contribution < -0.4 is 0 Å². The van der Waals surface area contributed by atoms with Crippen LogP contribution in [0, 0.1) is 0 Å². The smallest absolute Gasteiger partial charge is 0.392 e. The van der Waals surface area contributed by atoms with Gasteiger partial charge in [-0.15, -0.1) is 0 Å². The Bertz CT molecular complexity index is 280. The zero-order valence-electron chi connectivity index (χ0n) is 8.41. The van der Waals surface area contributed by atoms with Crippen molar-refractivity contribution in [3.8, 4) is 0 Å². The second kappa shape index (κ2) is 7.49. The third kappa shape index (κ3) is 18.1. The first-order chi connectivity index (χ1) is 7.06. The van der Waals surface area contributed by atoms with Crippen LogP contribution in [0.15, 0.2) is 24.3 Å². The second-order valence-corrected chi connectivity index (χ2v) is 2.65. The first-order valence-electron chi connectivity index (χ1n) is 3.91. The molecular weight excluding hydrogens is 229 g/mol. The zero-order chi connectivity index (χ0) is 13.4. The summed E-state index contributed by atoms with van der Waals surface area (Å²) in [4.78, 5) is 19.2. The summed E-state index contributed by atoms with van der Waals surface area (Å²) >= 11 is 0. The van der Waals surface area contributed by atoms with Gasteiger partial charge in [-0.3, -0.25) is 0 Å². The van der Waals surface area contributed by atoms with E-state index in [1.165, 1.54) is 6.92 Å². The molecule has 0 aliphatic heterocycles. The molecule has 0 bridgehead atoms. The van der Waals surface area contributed by atoms with Crippen molar-refractivity contribution in [1.82, 2.24) is 0 Å². The van der Waals surface area contributed by atoms with Gasteiger partial charge in [0.05, 0.1) is 6.42 Å². The van der Waals surface area contributed by atoms with Gasteiger partial charge in [-0.05, 0) is 6.92 Å². The molecule has 0 aromatic carbocycles. The lowest BCUT2D eigenvalue weighted by molar-refractivity contribution is -0.133. The summed E-state index contributed by atoms with van der Waals surface area (Å²) in [7, 11) is 0. The molecule has 0 aliphatic carbocycles. The largest absolute Gasteiger partial charge is 0.478 e. The van der Waals surface area contributed by atoms with Crippen molar-refractivity contribution < 1.29 is 33.0 Å². The normalized spacial score (nSPS) is 10.5. The summed E-state index contributed by atoms with van der Waals surface area (Å²) < 4.78 is 33.8. The van der Waals surface area contributed by atoms with Gasteiger partial charge in [0.2, 0.25) is 0 Å². The first-order valence-corrected chi connectivity index (χ1v) is 3.91. The van der Waals surface area contributed by atoms with E-state index < -0.39 is 24.5 Å². The van der Waals surface area contributed by atoms with Gasteiger partial charge in [-0.2, -0.15) is 13.2 Å². The molecule has 0 rings (SSSR count). The van der Waals surface area contributed by atoms with E-state index in [1.54, 1.807) is 0 Å². The van der Waals surface area contributed by atoms with Gasteiger partial charge in [0, 0.05) is 11.6 Å². The minimum absolute atomic E-state index is 0.176. The Morgan fingerprint density at radius 3 is 1.88 bits per heavy atom. The van der Waals surface area contributed by atoms with Gasteiger partial charge in [-0.1, -0.05) is 12.7 Å². The fourth-order valence-corrected chi connectivity index (χ4v) is 0.293. The number of hydrogen-bond donors (Lipinski definition) is 2. The number of carboxylic acid groups (broad SMARTS) is 2. The number of hydrogen-bond acceptors (Lipinski definition) is 2. The monoisotopic (exact) mass is 240 g/mol. The Morgan fingerprint density at radius 2 is 1.69 bits per heavy atom. The average Bonchev–Trinajstić information content (AvgIpc) is 2.01. The Balaban J connectivity index is 0. The van der Waals surface area contributed by atoms with Crippen LogP contribution in [0.4, 0.5) is 13.2 Å². The van der Waals surface area contributed by atoms with Crippen LogP contribution in [0.5, 0.6) is 0 Å². The highest BCUT2D eigenvalue weighted by Crippen LogP contribution is 2.19. The van der Waals surface area contributed by atoms with Gasteiger partial charge in [0.1, 0.15) is 0 Å². The maximum absolute atomic E-state index is 11.3. The van der Waals surface area contributed by atoms with Crippen LogP contribution in [0.2, 0.25) is 0 Å². The summed E-state index contributed by atoms with van der Waals surface area (Å²) in [5.41, 5.74) is 0.176. The highest BCUT2D eigenvalue weighted by molar-refractivity contribution is 5.84. The summed E-state index contributed by atoms with van der Waals surface area (Å²) in [5, 5.41) is 15.7. The van der Waals surface area contributed by atoms with Gasteiger partial charge in [-0.25, -0.2) is 9.59 Å². The lowest BCUT2D eigenvalue weighted by Crippen LogP contribution is -2.04. The molecule has 0 amide bonds. The molecule has 92 valence electrons. The molecule has 0 saturated carbocycles. The van der Waals surface area contributed by atoms with Gasteiger partial charge in [0.25, 0.3) is 0 Å². The molecular formula is C9H11F3O4. The Labute approximate surface area is 89.7 Å². The van der Waals surface area contributed by atoms with Crippen LogP contribution in [-0.4, -0.2) is 28.3 Å². The second-order valence-electron chi connectivity index (χ2n) is 2.65. The maximum Gasteiger partial charge on any atom is 0.392 e. The van der Waals surface area contributed by atoms with E-state index in [2.05, 4.69) is 6.58 Å². The molecule has 0 aromatic rings. The predicted molar refractivity (Wildman–Crippen MR) is 49.9 cm³/mol. The summed E-state index contributed by atoms with van der Waals surface area (Å²) in [6.45, 7) is 4.60. The summed E-state index contributed by atoms with van der Waals surface area (Å²) in [6.07, 6.45) is -4.49. The van der Waals surface area contributed by atoms with E-state index in [0.29, 0.717) is 12.2 Å². The molecule has 0 atom stereocenters. The molecule has 0 saturated heterocycles. The Morgan fingerprint density at radius 1 is 1.31 bits per heavy atom. The van der Waals surface area contributed by atoms with Crippen molar-refractivity contribution in [3.05, 3.63) is 24.3 Å². The summed E-state index contributed by atoms with van der Waals surface area (Å²) in [5.74, 6) is -2.31. The lowest BCUT2D eigenvalue weighted by Gasteiger charge is -1.98. The molecule has 7 heteroatoms. The fraction of sp³-hybridized carbons (Fsp3) is 0.333. The molecule has 0 unspecified atom stereocenters. The SMILES string of the molecule is C=C(C)C(=O)O.O=C(O)C=CCC(F)(F)F. The molecule has 0 aromatic heterocycles. The number of carbonyl (C=O) groups is 2. The van der Waals surface area contributed by atoms with Crippen molar-refractivity contribution in [2.75, 3.05) is 0 Å². The van der Waals surface area contributed by atoms with Crippen LogP contribution in [-0.2, 0) is 9.59 Å². The van der Waals surface area contributed by atoms with E-state index in [4.69, 9.17) is 10.2 Å². The van der Waals surface area contributed by atoms with Crippen molar-refractivity contribution in [2.24, 2.45) is 0 Å². The topological polar surface area (TPSA) is 74.6 Å². The molecule has 0 fully saturated rings. The Hall–Kier alpha value is -1.79. The van der Waals surface area contributed by atoms with Gasteiger partial charge >= 0.3 is 18.1 Å². The minimum atomic E-state index is -4.31.